The van der Waals surface area contributed by atoms with Crippen molar-refractivity contribution in [2.45, 2.75) is 105 Å². The molecule has 0 atom stereocenters. The van der Waals surface area contributed by atoms with Gasteiger partial charge < -0.3 is 27.8 Å². The summed E-state index contributed by atoms with van der Waals surface area (Å²) < 4.78 is 52.0. The van der Waals surface area contributed by atoms with Crippen LogP contribution in [0.4, 0.5) is 0 Å². The Morgan fingerprint density at radius 2 is 1.00 bits per heavy atom. The molecule has 2 aliphatic rings. The number of nitrogens with zero attached hydrogens (tertiary/aromatic N) is 2. The second-order valence-electron chi connectivity index (χ2n) is 9.87. The van der Waals surface area contributed by atoms with Crippen LogP contribution >= 0.6 is 23.1 Å². The lowest BCUT2D eigenvalue weighted by molar-refractivity contribution is -0.219. The van der Waals surface area contributed by atoms with Crippen molar-refractivity contribution in [2.24, 2.45) is 15.7 Å². The molecule has 0 spiro atoms. The van der Waals surface area contributed by atoms with Gasteiger partial charge >= 0.3 is 20.7 Å². The van der Waals surface area contributed by atoms with Gasteiger partial charge in [0.25, 0.3) is 0 Å². The Balaban J connectivity index is 2.53. The van der Waals surface area contributed by atoms with Crippen LogP contribution in [0.5, 0.6) is 0 Å². The Bertz CT molecular complexity index is 773. The van der Waals surface area contributed by atoms with Crippen LogP contribution in [0.3, 0.4) is 0 Å². The van der Waals surface area contributed by atoms with Gasteiger partial charge in [0.1, 0.15) is 7.92 Å². The molecule has 0 aromatic heterocycles. The quantitative estimate of drug-likeness (QED) is 0.119. The standard InChI is InChI=1S/C23H45N2O8P3/c1-8-12-16-28-35(26,29-17-13-9-2)20-24-32-23(22(5,6)7)33-25-21(34(20)23)36(27,30-18-14-10-3)31-19-15-11-4/h8-19H2,1-7H3. The minimum atomic E-state index is -3.92. The van der Waals surface area contributed by atoms with E-state index >= 15 is 0 Å². The number of unbranched alkanes of at least 4 members (excludes halogenated alkanes) is 4. The highest BCUT2D eigenvalue weighted by Gasteiger charge is 2.71. The van der Waals surface area contributed by atoms with Crippen molar-refractivity contribution in [2.75, 3.05) is 26.4 Å². The van der Waals surface area contributed by atoms with Gasteiger partial charge in [0.05, 0.1) is 26.4 Å². The van der Waals surface area contributed by atoms with Crippen molar-refractivity contribution in [3.63, 3.8) is 0 Å². The molecule has 13 heteroatoms. The maximum absolute atomic E-state index is 14.2. The Kier molecular flexibility index (Phi) is 12.5. The van der Waals surface area contributed by atoms with E-state index in [1.165, 1.54) is 0 Å². The Labute approximate surface area is 218 Å². The van der Waals surface area contributed by atoms with Crippen molar-refractivity contribution in [1.29, 1.82) is 0 Å². The molecule has 0 saturated heterocycles. The average Bonchev–Trinajstić information content (AvgIpc) is 3.39. The maximum Gasteiger partial charge on any atom is 0.383 e. The Hall–Kier alpha value is -0.330. The van der Waals surface area contributed by atoms with E-state index in [-0.39, 0.29) is 36.8 Å². The fraction of sp³-hybridized carbons (Fsp3) is 0.913. The van der Waals surface area contributed by atoms with Gasteiger partial charge in [0.2, 0.25) is 10.4 Å². The highest BCUT2D eigenvalue weighted by Crippen LogP contribution is 2.80. The molecule has 210 valence electrons. The molecular weight excluding hydrogens is 525 g/mol. The molecule has 0 saturated carbocycles. The summed E-state index contributed by atoms with van der Waals surface area (Å²) in [7, 11) is -9.76. The topological polar surface area (TPSA) is 114 Å². The first-order valence-electron chi connectivity index (χ1n) is 13.2. The Morgan fingerprint density at radius 1 is 0.694 bits per heavy atom. The summed E-state index contributed by atoms with van der Waals surface area (Å²) >= 11 is 0. The fourth-order valence-electron chi connectivity index (χ4n) is 3.31. The average molecular weight is 571 g/mol. The molecular formula is C23H45N2O8P3. The molecule has 0 bridgehead atoms. The minimum absolute atomic E-state index is 0.0642. The first kappa shape index (κ1) is 31.9. The molecule has 0 N–H and O–H groups in total. The SMILES string of the molecule is CCCCOP(=O)(OCCCC)C1=NOC2(C(C)(C)C)ON=C(P(=O)(OCCCC)OCCCC)P12. The highest BCUT2D eigenvalue weighted by molar-refractivity contribution is 8.17. The zero-order chi connectivity index (χ0) is 26.9. The van der Waals surface area contributed by atoms with Crippen molar-refractivity contribution < 1.29 is 36.9 Å². The van der Waals surface area contributed by atoms with Crippen molar-refractivity contribution in [3.05, 3.63) is 0 Å². The van der Waals surface area contributed by atoms with E-state index in [1.54, 1.807) is 0 Å². The van der Waals surface area contributed by atoms with E-state index in [2.05, 4.69) is 10.3 Å². The third-order valence-electron chi connectivity index (χ3n) is 5.67. The van der Waals surface area contributed by atoms with Gasteiger partial charge in [-0.05, 0) is 25.7 Å². The molecule has 0 aliphatic carbocycles. The highest BCUT2D eigenvalue weighted by atomic mass is 31.2. The van der Waals surface area contributed by atoms with E-state index in [4.69, 9.17) is 27.8 Å². The number of rotatable bonds is 18. The van der Waals surface area contributed by atoms with Gasteiger partial charge in [-0.15, -0.1) is 0 Å². The molecule has 0 radical (unpaired) electrons. The van der Waals surface area contributed by atoms with Crippen LogP contribution < -0.4 is 0 Å². The monoisotopic (exact) mass is 570 g/mol. The largest absolute Gasteiger partial charge is 0.383 e. The summed E-state index contributed by atoms with van der Waals surface area (Å²) in [4.78, 5) is 11.8. The van der Waals surface area contributed by atoms with Crippen molar-refractivity contribution >= 4 is 33.5 Å². The van der Waals surface area contributed by atoms with Crippen LogP contribution in [0.2, 0.25) is 0 Å². The van der Waals surface area contributed by atoms with Crippen LogP contribution in [0.1, 0.15) is 99.8 Å². The molecule has 0 unspecified atom stereocenters. The number of oxime groups is 2. The third kappa shape index (κ3) is 7.20. The first-order valence-corrected chi connectivity index (χ1v) is 17.6. The lowest BCUT2D eigenvalue weighted by Crippen LogP contribution is -2.41. The molecule has 0 aromatic rings. The Morgan fingerprint density at radius 3 is 1.25 bits per heavy atom. The van der Waals surface area contributed by atoms with Gasteiger partial charge in [-0.25, -0.2) is 0 Å². The fourth-order valence-corrected chi connectivity index (χ4v) is 11.8. The lowest BCUT2D eigenvalue weighted by atomic mass is 9.95. The molecule has 0 fully saturated rings. The maximum atomic E-state index is 14.2. The summed E-state index contributed by atoms with van der Waals surface area (Å²) in [6.07, 6.45) is 6.25. The summed E-state index contributed by atoms with van der Waals surface area (Å²) in [5.41, 5.74) is -2.10. The number of hydrogen-bond acceptors (Lipinski definition) is 10. The molecule has 0 aromatic carbocycles. The number of hydrogen-bond donors (Lipinski definition) is 0. The van der Waals surface area contributed by atoms with E-state index < -0.39 is 34.1 Å². The molecule has 2 aliphatic heterocycles. The van der Waals surface area contributed by atoms with Crippen molar-refractivity contribution in [3.8, 4) is 0 Å². The van der Waals surface area contributed by atoms with E-state index in [9.17, 15) is 9.13 Å². The molecule has 2 rings (SSSR count). The smallest absolute Gasteiger partial charge is 0.339 e. The molecule has 36 heavy (non-hydrogen) atoms. The molecule has 2 heterocycles. The van der Waals surface area contributed by atoms with E-state index in [1.807, 2.05) is 48.5 Å². The predicted octanol–water partition coefficient (Wildman–Crippen LogP) is 8.42. The van der Waals surface area contributed by atoms with Gasteiger partial charge in [-0.3, -0.25) is 9.13 Å². The third-order valence-corrected chi connectivity index (χ3v) is 14.0. The van der Waals surface area contributed by atoms with Crippen LogP contribution in [-0.2, 0) is 36.9 Å². The van der Waals surface area contributed by atoms with Crippen LogP contribution in [0.15, 0.2) is 10.3 Å². The van der Waals surface area contributed by atoms with Gasteiger partial charge in [0, 0.05) is 5.41 Å². The van der Waals surface area contributed by atoms with Crippen LogP contribution in [0, 0.1) is 5.41 Å². The summed E-state index contributed by atoms with van der Waals surface area (Å²) in [6.45, 7) is 14.7. The zero-order valence-electron chi connectivity index (χ0n) is 23.0. The number of fused-ring (bicyclic) bond motifs is 1. The van der Waals surface area contributed by atoms with Gasteiger partial charge in [0.15, 0.2) is 0 Å². The van der Waals surface area contributed by atoms with E-state index in [0.717, 1.165) is 25.7 Å². The van der Waals surface area contributed by atoms with Gasteiger partial charge in [-0.2, -0.15) is 0 Å². The second-order valence-corrected chi connectivity index (χ2v) is 16.6. The predicted molar refractivity (Wildman–Crippen MR) is 145 cm³/mol. The van der Waals surface area contributed by atoms with Crippen LogP contribution in [0.25, 0.3) is 0 Å². The van der Waals surface area contributed by atoms with Crippen molar-refractivity contribution in [1.82, 2.24) is 0 Å². The second kappa shape index (κ2) is 14.2. The minimum Gasteiger partial charge on any atom is -0.339 e. The molecule has 10 nitrogen and oxygen atoms in total. The van der Waals surface area contributed by atoms with Crippen LogP contribution in [-0.4, -0.2) is 42.3 Å². The summed E-state index contributed by atoms with van der Waals surface area (Å²) in [5, 5.41) is 8.61. The summed E-state index contributed by atoms with van der Waals surface area (Å²) in [5.74, 6) is 0. The summed E-state index contributed by atoms with van der Waals surface area (Å²) in [6, 6.07) is 0. The zero-order valence-corrected chi connectivity index (χ0v) is 25.7. The molecule has 0 amide bonds. The van der Waals surface area contributed by atoms with Gasteiger partial charge in [-0.1, -0.05) is 84.5 Å². The normalized spacial score (nSPS) is 22.1. The van der Waals surface area contributed by atoms with E-state index in [0.29, 0.717) is 25.7 Å². The first-order chi connectivity index (χ1) is 17.0. The lowest BCUT2D eigenvalue weighted by Gasteiger charge is -2.36.